The molecule has 0 saturated carbocycles. The van der Waals surface area contributed by atoms with Crippen LogP contribution in [0, 0.1) is 0 Å². The van der Waals surface area contributed by atoms with E-state index in [0.29, 0.717) is 25.5 Å². The summed E-state index contributed by atoms with van der Waals surface area (Å²) in [5, 5.41) is 13.1. The molecular weight excluding hydrogens is 242 g/mol. The molecule has 4 nitrogen and oxygen atoms in total. The number of aliphatic hydroxyl groups is 1. The molecule has 0 fully saturated rings. The highest BCUT2D eigenvalue weighted by Gasteiger charge is 2.10. The Labute approximate surface area is 113 Å². The molecule has 102 valence electrons. The van der Waals surface area contributed by atoms with Crippen molar-refractivity contribution in [1.82, 2.24) is 5.32 Å². The number of benzene rings is 1. The van der Waals surface area contributed by atoms with Crippen LogP contribution in [-0.4, -0.2) is 18.3 Å². The first-order valence-corrected chi connectivity index (χ1v) is 6.44. The highest BCUT2D eigenvalue weighted by atomic mass is 16.5. The molecule has 0 aliphatic rings. The normalized spacial score (nSPS) is 12.3. The second kappa shape index (κ2) is 6.97. The molecule has 1 heterocycles. The molecule has 2 N–H and O–H groups in total. The van der Waals surface area contributed by atoms with Crippen LogP contribution in [0.4, 0.5) is 0 Å². The summed E-state index contributed by atoms with van der Waals surface area (Å²) in [5.41, 5.74) is 1.08. The average Bonchev–Trinajstić information content (AvgIpc) is 2.95. The van der Waals surface area contributed by atoms with Gasteiger partial charge in [0.2, 0.25) is 0 Å². The van der Waals surface area contributed by atoms with Crippen LogP contribution in [0.3, 0.4) is 0 Å². The highest BCUT2D eigenvalue weighted by Crippen LogP contribution is 2.18. The zero-order valence-corrected chi connectivity index (χ0v) is 11.0. The summed E-state index contributed by atoms with van der Waals surface area (Å²) in [5.74, 6) is 1.45. The van der Waals surface area contributed by atoms with E-state index in [2.05, 4.69) is 5.32 Å². The Morgan fingerprint density at radius 3 is 2.84 bits per heavy atom. The molecular formula is C15H19NO3. The van der Waals surface area contributed by atoms with Crippen LogP contribution in [0.1, 0.15) is 24.4 Å². The molecule has 2 rings (SSSR count). The van der Waals surface area contributed by atoms with Crippen molar-refractivity contribution in [3.63, 3.8) is 0 Å². The Morgan fingerprint density at radius 1 is 1.26 bits per heavy atom. The zero-order valence-electron chi connectivity index (χ0n) is 11.0. The van der Waals surface area contributed by atoms with Crippen LogP contribution in [0.2, 0.25) is 0 Å². The van der Waals surface area contributed by atoms with Crippen molar-refractivity contribution in [1.29, 1.82) is 0 Å². The fourth-order valence-electron chi connectivity index (χ4n) is 1.87. The topological polar surface area (TPSA) is 54.6 Å². The van der Waals surface area contributed by atoms with Gasteiger partial charge >= 0.3 is 0 Å². The average molecular weight is 261 g/mol. The van der Waals surface area contributed by atoms with Crippen molar-refractivity contribution in [3.8, 4) is 5.75 Å². The smallest absolute Gasteiger partial charge is 0.133 e. The molecule has 4 heteroatoms. The van der Waals surface area contributed by atoms with Gasteiger partial charge in [0.05, 0.1) is 12.9 Å². The number of furan rings is 1. The number of aliphatic hydroxyl groups excluding tert-OH is 1. The van der Waals surface area contributed by atoms with Gasteiger partial charge in [0.25, 0.3) is 0 Å². The van der Waals surface area contributed by atoms with Gasteiger partial charge in [-0.3, -0.25) is 0 Å². The first-order valence-electron chi connectivity index (χ1n) is 6.44. The lowest BCUT2D eigenvalue weighted by Crippen LogP contribution is -2.21. The lowest BCUT2D eigenvalue weighted by atomic mass is 10.2. The third-order valence-corrected chi connectivity index (χ3v) is 2.80. The number of nitrogens with one attached hydrogen (secondary N) is 1. The quantitative estimate of drug-likeness (QED) is 0.804. The van der Waals surface area contributed by atoms with Crippen LogP contribution in [0.5, 0.6) is 5.75 Å². The lowest BCUT2D eigenvalue weighted by Gasteiger charge is -2.12. The van der Waals surface area contributed by atoms with Crippen molar-refractivity contribution in [2.45, 2.75) is 19.6 Å². The van der Waals surface area contributed by atoms with Gasteiger partial charge in [-0.2, -0.15) is 0 Å². The second-order valence-electron chi connectivity index (χ2n) is 4.20. The van der Waals surface area contributed by atoms with Gasteiger partial charge in [-0.05, 0) is 25.1 Å². The van der Waals surface area contributed by atoms with Crippen molar-refractivity contribution in [2.24, 2.45) is 0 Å². The maximum Gasteiger partial charge on any atom is 0.133 e. The highest BCUT2D eigenvalue weighted by molar-refractivity contribution is 5.33. The van der Waals surface area contributed by atoms with Crippen LogP contribution in [-0.2, 0) is 6.54 Å². The van der Waals surface area contributed by atoms with E-state index in [1.54, 1.807) is 18.4 Å². The summed E-state index contributed by atoms with van der Waals surface area (Å²) in [6.45, 7) is 3.69. The van der Waals surface area contributed by atoms with E-state index < -0.39 is 6.10 Å². The van der Waals surface area contributed by atoms with E-state index in [4.69, 9.17) is 9.15 Å². The van der Waals surface area contributed by atoms with Gasteiger partial charge in [0.15, 0.2) is 0 Å². The van der Waals surface area contributed by atoms with E-state index in [0.717, 1.165) is 11.3 Å². The van der Waals surface area contributed by atoms with Gasteiger partial charge in [0.1, 0.15) is 17.6 Å². The summed E-state index contributed by atoms with van der Waals surface area (Å²) in [6.07, 6.45) is 0.928. The lowest BCUT2D eigenvalue weighted by molar-refractivity contribution is 0.147. The minimum absolute atomic E-state index is 0.438. The molecule has 1 unspecified atom stereocenters. The van der Waals surface area contributed by atoms with E-state index in [-0.39, 0.29) is 0 Å². The zero-order chi connectivity index (χ0) is 13.5. The summed E-state index contributed by atoms with van der Waals surface area (Å²) < 4.78 is 10.7. The molecule has 0 aliphatic heterocycles. The number of ether oxygens (including phenoxy) is 1. The molecule has 0 bridgehead atoms. The van der Waals surface area contributed by atoms with E-state index in [1.165, 1.54) is 0 Å². The Hall–Kier alpha value is -1.78. The summed E-state index contributed by atoms with van der Waals surface area (Å²) in [7, 11) is 0. The van der Waals surface area contributed by atoms with Crippen molar-refractivity contribution in [2.75, 3.05) is 13.2 Å². The Morgan fingerprint density at radius 2 is 2.11 bits per heavy atom. The minimum Gasteiger partial charge on any atom is -0.494 e. The maximum atomic E-state index is 9.87. The maximum absolute atomic E-state index is 9.87. The van der Waals surface area contributed by atoms with Crippen LogP contribution in [0.15, 0.2) is 47.1 Å². The molecule has 1 aromatic heterocycles. The van der Waals surface area contributed by atoms with Crippen molar-refractivity contribution < 1.29 is 14.3 Å². The minimum atomic E-state index is -0.630. The van der Waals surface area contributed by atoms with Crippen LogP contribution in [0.25, 0.3) is 0 Å². The van der Waals surface area contributed by atoms with Crippen LogP contribution >= 0.6 is 0 Å². The van der Waals surface area contributed by atoms with E-state index >= 15 is 0 Å². The molecule has 0 spiro atoms. The summed E-state index contributed by atoms with van der Waals surface area (Å²) >= 11 is 0. The van der Waals surface area contributed by atoms with E-state index in [9.17, 15) is 5.11 Å². The van der Waals surface area contributed by atoms with Gasteiger partial charge in [-0.15, -0.1) is 0 Å². The van der Waals surface area contributed by atoms with Crippen molar-refractivity contribution >= 4 is 0 Å². The van der Waals surface area contributed by atoms with Gasteiger partial charge in [-0.25, -0.2) is 0 Å². The molecule has 19 heavy (non-hydrogen) atoms. The van der Waals surface area contributed by atoms with Gasteiger partial charge in [-0.1, -0.05) is 18.2 Å². The second-order valence-corrected chi connectivity index (χ2v) is 4.20. The monoisotopic (exact) mass is 261 g/mol. The fraction of sp³-hybridized carbons (Fsp3) is 0.333. The molecule has 0 radical (unpaired) electrons. The third kappa shape index (κ3) is 3.84. The fourth-order valence-corrected chi connectivity index (χ4v) is 1.87. The number of hydrogen-bond acceptors (Lipinski definition) is 4. The Kier molecular flexibility index (Phi) is 5.01. The predicted molar refractivity (Wildman–Crippen MR) is 73.0 cm³/mol. The van der Waals surface area contributed by atoms with Crippen molar-refractivity contribution in [3.05, 3.63) is 54.0 Å². The molecule has 0 saturated heterocycles. The molecule has 1 aromatic carbocycles. The first kappa shape index (κ1) is 13.6. The standard InChI is InChI=1S/C15H19NO3/c1-2-18-14-7-4-3-6-12(14)10-16-11-13(17)15-8-5-9-19-15/h3-9,13,16-17H,2,10-11H2,1H3. The largest absolute Gasteiger partial charge is 0.494 e. The third-order valence-electron chi connectivity index (χ3n) is 2.80. The SMILES string of the molecule is CCOc1ccccc1CNCC(O)c1ccco1. The van der Waals surface area contributed by atoms with Gasteiger partial charge in [0, 0.05) is 18.7 Å². The number of hydrogen-bond donors (Lipinski definition) is 2. The number of rotatable bonds is 7. The summed E-state index contributed by atoms with van der Waals surface area (Å²) in [6, 6.07) is 11.4. The molecule has 0 amide bonds. The first-order chi connectivity index (χ1) is 9.31. The molecule has 1 atom stereocenters. The predicted octanol–water partition coefficient (Wildman–Crippen LogP) is 2.50. The van der Waals surface area contributed by atoms with Gasteiger partial charge < -0.3 is 19.6 Å². The number of para-hydroxylation sites is 1. The van der Waals surface area contributed by atoms with E-state index in [1.807, 2.05) is 31.2 Å². The molecule has 2 aromatic rings. The summed E-state index contributed by atoms with van der Waals surface area (Å²) in [4.78, 5) is 0. The molecule has 0 aliphatic carbocycles. The van der Waals surface area contributed by atoms with Crippen LogP contribution < -0.4 is 10.1 Å². The Bertz CT molecular complexity index is 482. The Balaban J connectivity index is 1.85.